The Bertz CT molecular complexity index is 362. The molecule has 1 aliphatic rings. The van der Waals surface area contributed by atoms with E-state index in [0.29, 0.717) is 16.9 Å². The van der Waals surface area contributed by atoms with Gasteiger partial charge in [-0.05, 0) is 29.4 Å². The van der Waals surface area contributed by atoms with Crippen LogP contribution in [0.4, 0.5) is 0 Å². The fraction of sp³-hybridized carbons (Fsp3) is 0.769. The van der Waals surface area contributed by atoms with Crippen LogP contribution in [0.2, 0.25) is 0 Å². The molecule has 0 radical (unpaired) electrons. The van der Waals surface area contributed by atoms with Crippen molar-refractivity contribution in [3.63, 3.8) is 0 Å². The number of aromatic nitrogens is 2. The standard InChI is InChI=1S/C13H23N3/c1-12(2)11(13(12,3)4)14-7-6-10-8-15-16(5)9-10/h8-9,11,14H,6-7H2,1-5H3. The predicted octanol–water partition coefficient (Wildman–Crippen LogP) is 1.99. The van der Waals surface area contributed by atoms with E-state index in [-0.39, 0.29) is 0 Å². The maximum atomic E-state index is 4.18. The molecule has 2 rings (SSSR count). The van der Waals surface area contributed by atoms with Crippen molar-refractivity contribution in [2.24, 2.45) is 17.9 Å². The molecule has 1 aromatic heterocycles. The van der Waals surface area contributed by atoms with Crippen LogP contribution >= 0.6 is 0 Å². The monoisotopic (exact) mass is 221 g/mol. The maximum absolute atomic E-state index is 4.18. The van der Waals surface area contributed by atoms with E-state index in [2.05, 4.69) is 44.3 Å². The van der Waals surface area contributed by atoms with Gasteiger partial charge >= 0.3 is 0 Å². The van der Waals surface area contributed by atoms with Crippen LogP contribution in [0, 0.1) is 10.8 Å². The first kappa shape index (κ1) is 11.6. The van der Waals surface area contributed by atoms with Crippen LogP contribution in [0.5, 0.6) is 0 Å². The minimum atomic E-state index is 0.432. The SMILES string of the molecule is Cn1cc(CCNC2C(C)(C)C2(C)C)cn1. The molecule has 1 saturated carbocycles. The maximum Gasteiger partial charge on any atom is 0.0522 e. The number of rotatable bonds is 4. The van der Waals surface area contributed by atoms with Crippen molar-refractivity contribution >= 4 is 0 Å². The molecule has 1 fully saturated rings. The summed E-state index contributed by atoms with van der Waals surface area (Å²) in [5.74, 6) is 0. The third-order valence-electron chi connectivity index (χ3n) is 4.54. The summed E-state index contributed by atoms with van der Waals surface area (Å²) in [5.41, 5.74) is 2.18. The molecule has 0 bridgehead atoms. The largest absolute Gasteiger partial charge is 0.313 e. The number of nitrogens with one attached hydrogen (secondary N) is 1. The van der Waals surface area contributed by atoms with Gasteiger partial charge in [0.15, 0.2) is 0 Å². The lowest BCUT2D eigenvalue weighted by Crippen LogP contribution is -2.24. The molecule has 0 unspecified atom stereocenters. The van der Waals surface area contributed by atoms with Gasteiger partial charge in [-0.25, -0.2) is 0 Å². The Kier molecular flexibility index (Phi) is 2.61. The first-order chi connectivity index (χ1) is 7.35. The van der Waals surface area contributed by atoms with Gasteiger partial charge in [-0.2, -0.15) is 5.10 Å². The van der Waals surface area contributed by atoms with Crippen LogP contribution in [-0.2, 0) is 13.5 Å². The number of nitrogens with zero attached hydrogens (tertiary/aromatic N) is 2. The summed E-state index contributed by atoms with van der Waals surface area (Å²) in [6.07, 6.45) is 5.10. The van der Waals surface area contributed by atoms with Crippen molar-refractivity contribution in [2.75, 3.05) is 6.54 Å². The summed E-state index contributed by atoms with van der Waals surface area (Å²) in [4.78, 5) is 0. The first-order valence-corrected chi connectivity index (χ1v) is 6.06. The molecule has 1 aromatic rings. The van der Waals surface area contributed by atoms with Crippen molar-refractivity contribution in [1.82, 2.24) is 15.1 Å². The Morgan fingerprint density at radius 3 is 2.38 bits per heavy atom. The molecule has 0 atom stereocenters. The van der Waals surface area contributed by atoms with Gasteiger partial charge in [0.1, 0.15) is 0 Å². The summed E-state index contributed by atoms with van der Waals surface area (Å²) >= 11 is 0. The number of hydrogen-bond acceptors (Lipinski definition) is 2. The molecule has 3 heteroatoms. The predicted molar refractivity (Wildman–Crippen MR) is 66.3 cm³/mol. The summed E-state index contributed by atoms with van der Waals surface area (Å²) in [7, 11) is 1.96. The van der Waals surface area contributed by atoms with Gasteiger partial charge in [-0.15, -0.1) is 0 Å². The third-order valence-corrected chi connectivity index (χ3v) is 4.54. The fourth-order valence-corrected chi connectivity index (χ4v) is 2.67. The van der Waals surface area contributed by atoms with Crippen LogP contribution in [-0.4, -0.2) is 22.4 Å². The van der Waals surface area contributed by atoms with E-state index in [1.807, 2.05) is 17.9 Å². The second kappa shape index (κ2) is 3.59. The van der Waals surface area contributed by atoms with Crippen LogP contribution < -0.4 is 5.32 Å². The van der Waals surface area contributed by atoms with Gasteiger partial charge in [-0.1, -0.05) is 27.7 Å². The zero-order chi connectivity index (χ0) is 12.0. The van der Waals surface area contributed by atoms with Gasteiger partial charge in [0.05, 0.1) is 6.20 Å². The molecule has 3 nitrogen and oxygen atoms in total. The summed E-state index contributed by atoms with van der Waals surface area (Å²) < 4.78 is 1.86. The first-order valence-electron chi connectivity index (χ1n) is 6.06. The fourth-order valence-electron chi connectivity index (χ4n) is 2.67. The van der Waals surface area contributed by atoms with Crippen molar-refractivity contribution in [2.45, 2.75) is 40.2 Å². The quantitative estimate of drug-likeness (QED) is 0.842. The lowest BCUT2D eigenvalue weighted by molar-refractivity contribution is 0.457. The average Bonchev–Trinajstić information content (AvgIpc) is 2.53. The molecular formula is C13H23N3. The number of hydrogen-bond donors (Lipinski definition) is 1. The van der Waals surface area contributed by atoms with Gasteiger partial charge in [0.25, 0.3) is 0 Å². The van der Waals surface area contributed by atoms with Crippen LogP contribution in [0.25, 0.3) is 0 Å². The Balaban J connectivity index is 1.78. The lowest BCUT2D eigenvalue weighted by atomic mass is 10.0. The summed E-state index contributed by atoms with van der Waals surface area (Å²) in [6.45, 7) is 10.4. The lowest BCUT2D eigenvalue weighted by Gasteiger charge is -2.04. The molecule has 90 valence electrons. The molecule has 0 saturated heterocycles. The zero-order valence-corrected chi connectivity index (χ0v) is 11.0. The highest BCUT2D eigenvalue weighted by Gasteiger charge is 2.64. The number of aryl methyl sites for hydroxylation is 1. The minimum Gasteiger partial charge on any atom is -0.313 e. The third kappa shape index (κ3) is 1.77. The molecule has 0 aliphatic heterocycles. The topological polar surface area (TPSA) is 29.9 Å². The molecule has 0 spiro atoms. The van der Waals surface area contributed by atoms with Crippen LogP contribution in [0.3, 0.4) is 0 Å². The molecule has 0 aromatic carbocycles. The highest BCUT2D eigenvalue weighted by atomic mass is 15.2. The minimum absolute atomic E-state index is 0.432. The smallest absolute Gasteiger partial charge is 0.0522 e. The van der Waals surface area contributed by atoms with Crippen molar-refractivity contribution in [3.05, 3.63) is 18.0 Å². The second-order valence-electron chi connectivity index (χ2n) is 6.10. The highest BCUT2D eigenvalue weighted by molar-refractivity contribution is 5.18. The van der Waals surface area contributed by atoms with Gasteiger partial charge in [0.2, 0.25) is 0 Å². The highest BCUT2D eigenvalue weighted by Crippen LogP contribution is 2.62. The van der Waals surface area contributed by atoms with E-state index in [1.165, 1.54) is 5.56 Å². The Labute approximate surface area is 98.2 Å². The zero-order valence-electron chi connectivity index (χ0n) is 11.0. The van der Waals surface area contributed by atoms with Crippen molar-refractivity contribution in [3.8, 4) is 0 Å². The molecule has 16 heavy (non-hydrogen) atoms. The molecule has 1 aliphatic carbocycles. The summed E-state index contributed by atoms with van der Waals surface area (Å²) in [5, 5.41) is 7.83. The van der Waals surface area contributed by atoms with E-state index >= 15 is 0 Å². The van der Waals surface area contributed by atoms with Crippen molar-refractivity contribution < 1.29 is 0 Å². The average molecular weight is 221 g/mol. The van der Waals surface area contributed by atoms with E-state index in [1.54, 1.807) is 0 Å². The molecule has 1 N–H and O–H groups in total. The molecular weight excluding hydrogens is 198 g/mol. The van der Waals surface area contributed by atoms with Crippen LogP contribution in [0.15, 0.2) is 12.4 Å². The Morgan fingerprint density at radius 1 is 1.31 bits per heavy atom. The summed E-state index contributed by atoms with van der Waals surface area (Å²) in [6, 6.07) is 0.650. The molecule has 0 amide bonds. The second-order valence-corrected chi connectivity index (χ2v) is 6.10. The van der Waals surface area contributed by atoms with Crippen molar-refractivity contribution in [1.29, 1.82) is 0 Å². The van der Waals surface area contributed by atoms with E-state index in [0.717, 1.165) is 13.0 Å². The Hall–Kier alpha value is -0.830. The molecule has 1 heterocycles. The van der Waals surface area contributed by atoms with Gasteiger partial charge < -0.3 is 5.32 Å². The normalized spacial score (nSPS) is 22.3. The van der Waals surface area contributed by atoms with E-state index in [4.69, 9.17) is 0 Å². The van der Waals surface area contributed by atoms with E-state index < -0.39 is 0 Å². The van der Waals surface area contributed by atoms with E-state index in [9.17, 15) is 0 Å². The van der Waals surface area contributed by atoms with Crippen LogP contribution in [0.1, 0.15) is 33.3 Å². The Morgan fingerprint density at radius 2 is 1.94 bits per heavy atom. The van der Waals surface area contributed by atoms with Gasteiger partial charge in [-0.3, -0.25) is 4.68 Å². The van der Waals surface area contributed by atoms with Gasteiger partial charge in [0, 0.05) is 19.3 Å².